The molecule has 0 aliphatic rings. The molecule has 2 aromatic carbocycles. The van der Waals surface area contributed by atoms with Crippen molar-refractivity contribution >= 4 is 53.1 Å². The van der Waals surface area contributed by atoms with Gasteiger partial charge in [-0.1, -0.05) is 12.1 Å². The van der Waals surface area contributed by atoms with Gasteiger partial charge >= 0.3 is 0 Å². The number of imidazole rings is 1. The molecule has 4 rings (SSSR count). The van der Waals surface area contributed by atoms with Crippen molar-refractivity contribution < 1.29 is 4.57 Å². The summed E-state index contributed by atoms with van der Waals surface area (Å²) >= 11 is 0. The molecule has 0 aliphatic heterocycles. The van der Waals surface area contributed by atoms with Crippen LogP contribution >= 0.6 is 7.14 Å². The Morgan fingerprint density at radius 2 is 1.83 bits per heavy atom. The largest absolute Gasteiger partial charge is 0.398 e. The van der Waals surface area contributed by atoms with Gasteiger partial charge in [0.2, 0.25) is 0 Å². The predicted molar refractivity (Wildman–Crippen MR) is 125 cm³/mol. The van der Waals surface area contributed by atoms with Crippen LogP contribution in [0.3, 0.4) is 0 Å². The average molecular weight is 418 g/mol. The van der Waals surface area contributed by atoms with E-state index in [-0.39, 0.29) is 0 Å². The number of aryl methyl sites for hydroxylation is 1. The molecule has 0 saturated heterocycles. The van der Waals surface area contributed by atoms with E-state index < -0.39 is 7.14 Å². The Labute approximate surface area is 175 Å². The minimum atomic E-state index is -2.28. The number of hydrogen-bond acceptors (Lipinski definition) is 6. The van der Waals surface area contributed by atoms with Crippen LogP contribution in [0.4, 0.5) is 17.2 Å². The zero-order valence-electron chi connectivity index (χ0n) is 17.1. The zero-order chi connectivity index (χ0) is 21.3. The molecule has 30 heavy (non-hydrogen) atoms. The van der Waals surface area contributed by atoms with Crippen LogP contribution in [0, 0.1) is 6.92 Å². The zero-order valence-corrected chi connectivity index (χ0v) is 18.0. The molecule has 0 saturated carbocycles. The van der Waals surface area contributed by atoms with Gasteiger partial charge in [-0.25, -0.2) is 15.0 Å². The highest BCUT2D eigenvalue weighted by atomic mass is 31.2. The van der Waals surface area contributed by atoms with E-state index >= 15 is 0 Å². The Balaban J connectivity index is 1.64. The molecule has 0 amide bonds. The topological polar surface area (TPSA) is 98.7 Å². The SMILES string of the molecule is Cc1cccc(N)c1C=Cn1cnc2c(Nc3ccc(P(C)(C)=O)cc3)ncnc21. The Hall–Kier alpha value is -3.44. The molecule has 2 aromatic heterocycles. The highest BCUT2D eigenvalue weighted by Gasteiger charge is 2.12. The molecule has 4 aromatic rings. The van der Waals surface area contributed by atoms with Gasteiger partial charge in [0.25, 0.3) is 0 Å². The minimum Gasteiger partial charge on any atom is -0.398 e. The highest BCUT2D eigenvalue weighted by molar-refractivity contribution is 7.70. The van der Waals surface area contributed by atoms with Gasteiger partial charge in [-0.2, -0.15) is 0 Å². The Kier molecular flexibility index (Phi) is 5.14. The monoisotopic (exact) mass is 418 g/mol. The van der Waals surface area contributed by atoms with Crippen molar-refractivity contribution in [1.29, 1.82) is 0 Å². The van der Waals surface area contributed by atoms with Gasteiger partial charge in [-0.15, -0.1) is 0 Å². The van der Waals surface area contributed by atoms with E-state index in [1.807, 2.05) is 66.2 Å². The van der Waals surface area contributed by atoms with Crippen molar-refractivity contribution in [2.45, 2.75) is 6.92 Å². The Morgan fingerprint density at radius 3 is 2.53 bits per heavy atom. The van der Waals surface area contributed by atoms with E-state index in [9.17, 15) is 4.57 Å². The summed E-state index contributed by atoms with van der Waals surface area (Å²) in [4.78, 5) is 13.2. The summed E-state index contributed by atoms with van der Waals surface area (Å²) in [5, 5.41) is 4.11. The first-order valence-electron chi connectivity index (χ1n) is 9.46. The molecule has 0 unspecified atom stereocenters. The lowest BCUT2D eigenvalue weighted by molar-refractivity contribution is 0.588. The fraction of sp³-hybridized carbons (Fsp3) is 0.136. The van der Waals surface area contributed by atoms with E-state index in [1.54, 1.807) is 19.7 Å². The number of rotatable bonds is 5. The molecule has 0 bridgehead atoms. The molecule has 0 fully saturated rings. The maximum absolute atomic E-state index is 12.2. The minimum absolute atomic E-state index is 0.603. The summed E-state index contributed by atoms with van der Waals surface area (Å²) in [5.41, 5.74) is 11.1. The fourth-order valence-corrected chi connectivity index (χ4v) is 4.05. The van der Waals surface area contributed by atoms with Crippen molar-refractivity contribution in [2.75, 3.05) is 24.4 Å². The number of aromatic nitrogens is 4. The van der Waals surface area contributed by atoms with Crippen LogP contribution in [0.15, 0.2) is 55.1 Å². The van der Waals surface area contributed by atoms with Gasteiger partial charge in [-0.3, -0.25) is 4.57 Å². The number of benzene rings is 2. The van der Waals surface area contributed by atoms with Crippen LogP contribution < -0.4 is 16.4 Å². The third-order valence-corrected chi connectivity index (χ3v) is 6.41. The van der Waals surface area contributed by atoms with E-state index in [1.165, 1.54) is 6.33 Å². The second kappa shape index (κ2) is 7.76. The van der Waals surface area contributed by atoms with Crippen molar-refractivity contribution in [3.63, 3.8) is 0 Å². The maximum Gasteiger partial charge on any atom is 0.169 e. The van der Waals surface area contributed by atoms with Crippen LogP contribution in [-0.4, -0.2) is 32.8 Å². The van der Waals surface area contributed by atoms with Crippen LogP contribution in [0.2, 0.25) is 0 Å². The first kappa shape index (κ1) is 19.9. The quantitative estimate of drug-likeness (QED) is 0.370. The Bertz CT molecular complexity index is 1270. The molecule has 0 radical (unpaired) electrons. The lowest BCUT2D eigenvalue weighted by Gasteiger charge is -2.09. The third kappa shape index (κ3) is 3.98. The van der Waals surface area contributed by atoms with Crippen molar-refractivity contribution in [3.8, 4) is 0 Å². The molecule has 0 aliphatic carbocycles. The first-order valence-corrected chi connectivity index (χ1v) is 12.1. The van der Waals surface area contributed by atoms with Gasteiger partial charge < -0.3 is 15.6 Å². The standard InChI is InChI=1S/C22H23N6OP/c1-15-5-4-6-19(23)18(15)11-12-28-14-26-20-21(24-13-25-22(20)28)27-16-7-9-17(10-8-16)30(2,3)29/h4-14H,23H2,1-3H3,(H,24,25,27). The lowest BCUT2D eigenvalue weighted by atomic mass is 10.1. The summed E-state index contributed by atoms with van der Waals surface area (Å²) < 4.78 is 14.0. The molecular formula is C22H23N6OP. The number of nitrogens with zero attached hydrogens (tertiary/aromatic N) is 4. The van der Waals surface area contributed by atoms with Gasteiger partial charge in [0.1, 0.15) is 19.8 Å². The molecule has 3 N–H and O–H groups in total. The number of nitrogen functional groups attached to an aromatic ring is 1. The summed E-state index contributed by atoms with van der Waals surface area (Å²) in [6.45, 7) is 5.54. The smallest absolute Gasteiger partial charge is 0.169 e. The van der Waals surface area contributed by atoms with Crippen LogP contribution in [0.25, 0.3) is 23.4 Å². The van der Waals surface area contributed by atoms with Crippen LogP contribution in [0.5, 0.6) is 0 Å². The van der Waals surface area contributed by atoms with Crippen molar-refractivity contribution in [3.05, 3.63) is 66.2 Å². The van der Waals surface area contributed by atoms with E-state index in [0.717, 1.165) is 27.8 Å². The normalized spacial score (nSPS) is 12.0. The maximum atomic E-state index is 12.2. The molecule has 2 heterocycles. The van der Waals surface area contributed by atoms with E-state index in [4.69, 9.17) is 5.73 Å². The second-order valence-corrected chi connectivity index (χ2v) is 10.7. The molecule has 0 atom stereocenters. The average Bonchev–Trinajstić information content (AvgIpc) is 3.12. The van der Waals surface area contributed by atoms with Crippen LogP contribution in [0.1, 0.15) is 11.1 Å². The number of nitrogens with one attached hydrogen (secondary N) is 1. The predicted octanol–water partition coefficient (Wildman–Crippen LogP) is 4.34. The van der Waals surface area contributed by atoms with Crippen molar-refractivity contribution in [1.82, 2.24) is 19.5 Å². The van der Waals surface area contributed by atoms with Crippen molar-refractivity contribution in [2.24, 2.45) is 0 Å². The second-order valence-electron chi connectivity index (χ2n) is 7.46. The van der Waals surface area contributed by atoms with Gasteiger partial charge in [-0.05, 0) is 62.2 Å². The summed E-state index contributed by atoms with van der Waals surface area (Å²) in [7, 11) is -2.28. The van der Waals surface area contributed by atoms with Gasteiger partial charge in [0.05, 0.1) is 0 Å². The molecule has 152 valence electrons. The van der Waals surface area contributed by atoms with Gasteiger partial charge in [0, 0.05) is 28.4 Å². The number of fused-ring (bicyclic) bond motifs is 1. The summed E-state index contributed by atoms with van der Waals surface area (Å²) in [5.74, 6) is 0.603. The highest BCUT2D eigenvalue weighted by Crippen LogP contribution is 2.35. The van der Waals surface area contributed by atoms with Crippen LogP contribution in [-0.2, 0) is 4.57 Å². The number of hydrogen-bond donors (Lipinski definition) is 2. The van der Waals surface area contributed by atoms with E-state index in [2.05, 4.69) is 20.3 Å². The number of anilines is 3. The molecular weight excluding hydrogens is 395 g/mol. The molecule has 0 spiro atoms. The Morgan fingerprint density at radius 1 is 1.07 bits per heavy atom. The summed E-state index contributed by atoms with van der Waals surface area (Å²) in [6, 6.07) is 13.4. The lowest BCUT2D eigenvalue weighted by Crippen LogP contribution is -2.03. The summed E-state index contributed by atoms with van der Waals surface area (Å²) in [6.07, 6.45) is 7.04. The first-order chi connectivity index (χ1) is 14.3. The third-order valence-electron chi connectivity index (χ3n) is 4.87. The van der Waals surface area contributed by atoms with Gasteiger partial charge in [0.15, 0.2) is 17.0 Å². The number of nitrogens with two attached hydrogens (primary N) is 1. The van der Waals surface area contributed by atoms with E-state index in [0.29, 0.717) is 17.0 Å². The molecule has 8 heteroatoms. The molecule has 7 nitrogen and oxygen atoms in total. The fourth-order valence-electron chi connectivity index (χ4n) is 3.18.